The van der Waals surface area contributed by atoms with Crippen molar-refractivity contribution >= 4 is 17.5 Å². The fraction of sp³-hybridized carbons (Fsp3) is 0.462. The Labute approximate surface area is 112 Å². The molecule has 1 amide bonds. The summed E-state index contributed by atoms with van der Waals surface area (Å²) in [5.41, 5.74) is 1.38. The molecule has 0 saturated heterocycles. The molecule has 0 saturated carbocycles. The van der Waals surface area contributed by atoms with Crippen LogP contribution in [0.2, 0.25) is 5.02 Å². The van der Waals surface area contributed by atoms with E-state index in [4.69, 9.17) is 16.7 Å². The first-order chi connectivity index (χ1) is 8.52. The van der Waals surface area contributed by atoms with Gasteiger partial charge in [-0.1, -0.05) is 17.7 Å². The zero-order valence-corrected chi connectivity index (χ0v) is 11.4. The van der Waals surface area contributed by atoms with E-state index in [2.05, 4.69) is 10.6 Å². The molecule has 18 heavy (non-hydrogen) atoms. The van der Waals surface area contributed by atoms with Crippen LogP contribution in [0, 0.1) is 6.92 Å². The van der Waals surface area contributed by atoms with E-state index in [1.165, 1.54) is 0 Å². The van der Waals surface area contributed by atoms with Crippen LogP contribution in [0.3, 0.4) is 0 Å². The SMILES string of the molecule is Cc1c(Cl)cccc1C(=O)NCCNCC(C)O. The van der Waals surface area contributed by atoms with Gasteiger partial charge in [0.05, 0.1) is 6.10 Å². The summed E-state index contributed by atoms with van der Waals surface area (Å²) in [7, 11) is 0. The molecule has 5 heteroatoms. The first kappa shape index (κ1) is 15.0. The predicted molar refractivity (Wildman–Crippen MR) is 73.1 cm³/mol. The second-order valence-electron chi connectivity index (χ2n) is 4.22. The van der Waals surface area contributed by atoms with Crippen molar-refractivity contribution in [2.75, 3.05) is 19.6 Å². The highest BCUT2D eigenvalue weighted by Crippen LogP contribution is 2.18. The van der Waals surface area contributed by atoms with Gasteiger partial charge in [-0.25, -0.2) is 0 Å². The van der Waals surface area contributed by atoms with Gasteiger partial charge in [0.15, 0.2) is 0 Å². The molecule has 0 radical (unpaired) electrons. The van der Waals surface area contributed by atoms with Gasteiger partial charge in [0.25, 0.3) is 5.91 Å². The molecule has 0 aliphatic rings. The average molecular weight is 271 g/mol. The van der Waals surface area contributed by atoms with Crippen LogP contribution < -0.4 is 10.6 Å². The molecular weight excluding hydrogens is 252 g/mol. The van der Waals surface area contributed by atoms with Crippen LogP contribution in [0.4, 0.5) is 0 Å². The smallest absolute Gasteiger partial charge is 0.251 e. The van der Waals surface area contributed by atoms with E-state index in [0.29, 0.717) is 30.2 Å². The predicted octanol–water partition coefficient (Wildman–Crippen LogP) is 1.35. The van der Waals surface area contributed by atoms with Gasteiger partial charge in [-0.3, -0.25) is 4.79 Å². The number of carbonyl (C=O) groups excluding carboxylic acids is 1. The highest BCUT2D eigenvalue weighted by Gasteiger charge is 2.09. The highest BCUT2D eigenvalue weighted by atomic mass is 35.5. The van der Waals surface area contributed by atoms with Crippen LogP contribution >= 0.6 is 11.6 Å². The minimum absolute atomic E-state index is 0.131. The summed E-state index contributed by atoms with van der Waals surface area (Å²) >= 11 is 5.96. The van der Waals surface area contributed by atoms with Crippen LogP contribution in [0.15, 0.2) is 18.2 Å². The summed E-state index contributed by atoms with van der Waals surface area (Å²) in [5, 5.41) is 15.5. The largest absolute Gasteiger partial charge is 0.392 e. The lowest BCUT2D eigenvalue weighted by molar-refractivity contribution is 0.0953. The summed E-state index contributed by atoms with van der Waals surface area (Å²) in [6.07, 6.45) is -0.379. The molecule has 1 atom stereocenters. The number of nitrogens with one attached hydrogen (secondary N) is 2. The molecular formula is C13H19ClN2O2. The summed E-state index contributed by atoms with van der Waals surface area (Å²) in [5.74, 6) is -0.131. The molecule has 0 aliphatic heterocycles. The van der Waals surface area contributed by atoms with Gasteiger partial charge in [-0.2, -0.15) is 0 Å². The second kappa shape index (κ2) is 7.36. The zero-order valence-electron chi connectivity index (χ0n) is 10.7. The summed E-state index contributed by atoms with van der Waals surface area (Å²) in [4.78, 5) is 11.9. The molecule has 1 unspecified atom stereocenters. The lowest BCUT2D eigenvalue weighted by Crippen LogP contribution is -2.34. The molecule has 0 aromatic heterocycles. The Morgan fingerprint density at radius 2 is 2.17 bits per heavy atom. The van der Waals surface area contributed by atoms with Crippen molar-refractivity contribution in [3.05, 3.63) is 34.3 Å². The van der Waals surface area contributed by atoms with E-state index in [9.17, 15) is 4.79 Å². The van der Waals surface area contributed by atoms with Crippen molar-refractivity contribution in [3.63, 3.8) is 0 Å². The van der Waals surface area contributed by atoms with Crippen LogP contribution in [0.5, 0.6) is 0 Å². The molecule has 1 aromatic rings. The standard InChI is InChI=1S/C13H19ClN2O2/c1-9(17)8-15-6-7-16-13(18)11-4-3-5-12(14)10(11)2/h3-5,9,15,17H,6-8H2,1-2H3,(H,16,18). The molecule has 0 bridgehead atoms. The van der Waals surface area contributed by atoms with Gasteiger partial charge >= 0.3 is 0 Å². The Balaban J connectivity index is 2.39. The van der Waals surface area contributed by atoms with Crippen molar-refractivity contribution in [1.29, 1.82) is 0 Å². The van der Waals surface area contributed by atoms with E-state index >= 15 is 0 Å². The number of aliphatic hydroxyl groups is 1. The second-order valence-corrected chi connectivity index (χ2v) is 4.63. The molecule has 0 aliphatic carbocycles. The topological polar surface area (TPSA) is 61.4 Å². The minimum Gasteiger partial charge on any atom is -0.392 e. The van der Waals surface area contributed by atoms with Gasteiger partial charge in [-0.05, 0) is 31.5 Å². The Morgan fingerprint density at radius 1 is 1.44 bits per heavy atom. The monoisotopic (exact) mass is 270 g/mol. The Hall–Kier alpha value is -1.10. The first-order valence-electron chi connectivity index (χ1n) is 5.94. The number of rotatable bonds is 6. The number of carbonyl (C=O) groups is 1. The van der Waals surface area contributed by atoms with E-state index in [-0.39, 0.29) is 12.0 Å². The third kappa shape index (κ3) is 4.64. The first-order valence-corrected chi connectivity index (χ1v) is 6.32. The molecule has 100 valence electrons. The maximum absolute atomic E-state index is 11.9. The van der Waals surface area contributed by atoms with Crippen LogP contribution in [-0.4, -0.2) is 36.8 Å². The number of hydrogen-bond acceptors (Lipinski definition) is 3. The maximum Gasteiger partial charge on any atom is 0.251 e. The van der Waals surface area contributed by atoms with E-state index in [1.54, 1.807) is 25.1 Å². The quantitative estimate of drug-likeness (QED) is 0.684. The normalized spacial score (nSPS) is 12.2. The fourth-order valence-corrected chi connectivity index (χ4v) is 1.70. The summed E-state index contributed by atoms with van der Waals surface area (Å²) in [6, 6.07) is 5.27. The lowest BCUT2D eigenvalue weighted by atomic mass is 10.1. The maximum atomic E-state index is 11.9. The van der Waals surface area contributed by atoms with Gasteiger partial charge in [0, 0.05) is 30.2 Å². The van der Waals surface area contributed by atoms with E-state index in [1.807, 2.05) is 6.92 Å². The molecule has 4 nitrogen and oxygen atoms in total. The van der Waals surface area contributed by atoms with Crippen molar-refractivity contribution in [1.82, 2.24) is 10.6 Å². The van der Waals surface area contributed by atoms with Gasteiger partial charge < -0.3 is 15.7 Å². The van der Waals surface area contributed by atoms with Gasteiger partial charge in [0.2, 0.25) is 0 Å². The van der Waals surface area contributed by atoms with Crippen LogP contribution in [0.25, 0.3) is 0 Å². The summed E-state index contributed by atoms with van der Waals surface area (Å²) in [6.45, 7) is 5.18. The summed E-state index contributed by atoms with van der Waals surface area (Å²) < 4.78 is 0. The number of halogens is 1. The number of hydrogen-bond donors (Lipinski definition) is 3. The highest BCUT2D eigenvalue weighted by molar-refractivity contribution is 6.31. The van der Waals surface area contributed by atoms with Gasteiger partial charge in [0.1, 0.15) is 0 Å². The Kier molecular flexibility index (Phi) is 6.12. The van der Waals surface area contributed by atoms with Crippen molar-refractivity contribution < 1.29 is 9.90 Å². The molecule has 0 fully saturated rings. The van der Waals surface area contributed by atoms with E-state index < -0.39 is 0 Å². The molecule has 1 aromatic carbocycles. The van der Waals surface area contributed by atoms with Crippen molar-refractivity contribution in [2.45, 2.75) is 20.0 Å². The van der Waals surface area contributed by atoms with E-state index in [0.717, 1.165) is 5.56 Å². The van der Waals surface area contributed by atoms with Gasteiger partial charge in [-0.15, -0.1) is 0 Å². The van der Waals surface area contributed by atoms with Crippen molar-refractivity contribution in [2.24, 2.45) is 0 Å². The average Bonchev–Trinajstić information content (AvgIpc) is 2.31. The minimum atomic E-state index is -0.379. The van der Waals surface area contributed by atoms with Crippen LogP contribution in [-0.2, 0) is 0 Å². The number of amides is 1. The molecule has 0 heterocycles. The van der Waals surface area contributed by atoms with Crippen LogP contribution in [0.1, 0.15) is 22.8 Å². The Bertz CT molecular complexity index is 408. The fourth-order valence-electron chi connectivity index (χ4n) is 1.52. The zero-order chi connectivity index (χ0) is 13.5. The molecule has 3 N–H and O–H groups in total. The third-order valence-corrected chi connectivity index (χ3v) is 2.95. The molecule has 1 rings (SSSR count). The number of aliphatic hydroxyl groups excluding tert-OH is 1. The lowest BCUT2D eigenvalue weighted by Gasteiger charge is -2.10. The van der Waals surface area contributed by atoms with Crippen molar-refractivity contribution in [3.8, 4) is 0 Å². The third-order valence-electron chi connectivity index (χ3n) is 2.54. The molecule has 0 spiro atoms. The Morgan fingerprint density at radius 3 is 2.83 bits per heavy atom. The number of benzene rings is 1.